The summed E-state index contributed by atoms with van der Waals surface area (Å²) in [5.74, 6) is 0.139. The first-order valence-electron chi connectivity index (χ1n) is 6.12. The van der Waals surface area contributed by atoms with Crippen LogP contribution in [-0.4, -0.2) is 34.6 Å². The number of rotatable bonds is 3. The van der Waals surface area contributed by atoms with E-state index in [2.05, 4.69) is 0 Å². The molecular formula is C13H19NO2S. The van der Waals surface area contributed by atoms with Crippen LogP contribution in [0.1, 0.15) is 41.4 Å². The zero-order chi connectivity index (χ0) is 12.4. The second-order valence-corrected chi connectivity index (χ2v) is 5.73. The molecule has 0 spiro atoms. The van der Waals surface area contributed by atoms with Crippen LogP contribution in [0.5, 0.6) is 0 Å². The molecule has 0 aliphatic carbocycles. The van der Waals surface area contributed by atoms with Gasteiger partial charge in [0, 0.05) is 12.6 Å². The van der Waals surface area contributed by atoms with Crippen molar-refractivity contribution in [2.24, 2.45) is 0 Å². The van der Waals surface area contributed by atoms with Crippen LogP contribution < -0.4 is 0 Å². The highest BCUT2D eigenvalue weighted by Crippen LogP contribution is 2.26. The number of aryl methyl sites for hydroxylation is 1. The predicted octanol–water partition coefficient (Wildman–Crippen LogP) is 2.43. The molecule has 1 aliphatic rings. The molecule has 1 aliphatic heterocycles. The third kappa shape index (κ3) is 2.69. The molecule has 1 fully saturated rings. The van der Waals surface area contributed by atoms with E-state index >= 15 is 0 Å². The maximum Gasteiger partial charge on any atom is 0.264 e. The fraction of sp³-hybridized carbons (Fsp3) is 0.615. The minimum absolute atomic E-state index is 0.139. The summed E-state index contributed by atoms with van der Waals surface area (Å²) in [6.07, 6.45) is 2.42. The van der Waals surface area contributed by atoms with Crippen molar-refractivity contribution in [3.63, 3.8) is 0 Å². The summed E-state index contributed by atoms with van der Waals surface area (Å²) in [5.41, 5.74) is 1.06. The van der Waals surface area contributed by atoms with E-state index in [0.29, 0.717) is 6.42 Å². The molecule has 0 bridgehead atoms. The van der Waals surface area contributed by atoms with Gasteiger partial charge in [-0.15, -0.1) is 11.3 Å². The van der Waals surface area contributed by atoms with E-state index in [1.807, 2.05) is 23.3 Å². The number of thiophene rings is 1. The van der Waals surface area contributed by atoms with Gasteiger partial charge in [0.15, 0.2) is 0 Å². The smallest absolute Gasteiger partial charge is 0.264 e. The van der Waals surface area contributed by atoms with Crippen molar-refractivity contribution < 1.29 is 9.90 Å². The molecule has 0 unspecified atom stereocenters. The number of nitrogens with zero attached hydrogens (tertiary/aromatic N) is 1. The largest absolute Gasteiger partial charge is 0.393 e. The van der Waals surface area contributed by atoms with Crippen LogP contribution in [-0.2, 0) is 0 Å². The van der Waals surface area contributed by atoms with Gasteiger partial charge in [-0.25, -0.2) is 0 Å². The zero-order valence-corrected chi connectivity index (χ0v) is 11.2. The van der Waals surface area contributed by atoms with Crippen molar-refractivity contribution >= 4 is 17.2 Å². The van der Waals surface area contributed by atoms with Gasteiger partial charge in [-0.05, 0) is 50.1 Å². The topological polar surface area (TPSA) is 40.5 Å². The lowest BCUT2D eigenvalue weighted by molar-refractivity contribution is 0.0686. The Morgan fingerprint density at radius 2 is 2.47 bits per heavy atom. The Balaban J connectivity index is 2.11. The van der Waals surface area contributed by atoms with Crippen molar-refractivity contribution in [1.82, 2.24) is 4.90 Å². The summed E-state index contributed by atoms with van der Waals surface area (Å²) in [6, 6.07) is 2.20. The molecule has 4 heteroatoms. The molecule has 1 N–H and O–H groups in total. The predicted molar refractivity (Wildman–Crippen MR) is 69.4 cm³/mol. The summed E-state index contributed by atoms with van der Waals surface area (Å²) < 4.78 is 0. The van der Waals surface area contributed by atoms with Gasteiger partial charge in [0.25, 0.3) is 5.91 Å². The van der Waals surface area contributed by atoms with Crippen LogP contribution >= 0.6 is 11.3 Å². The number of carbonyl (C=O) groups is 1. The third-order valence-electron chi connectivity index (χ3n) is 3.31. The van der Waals surface area contributed by atoms with Gasteiger partial charge in [0.1, 0.15) is 0 Å². The maximum atomic E-state index is 12.4. The summed E-state index contributed by atoms with van der Waals surface area (Å²) >= 11 is 1.51. The second kappa shape index (κ2) is 5.19. The van der Waals surface area contributed by atoms with Gasteiger partial charge in [-0.3, -0.25) is 4.79 Å². The SMILES string of the molecule is Cc1ccsc1C(=O)N1CCC[C@H]1C[C@@H](C)O. The molecule has 17 heavy (non-hydrogen) atoms. The average Bonchev–Trinajstić information content (AvgIpc) is 2.85. The van der Waals surface area contributed by atoms with Gasteiger partial charge in [0.2, 0.25) is 0 Å². The third-order valence-corrected chi connectivity index (χ3v) is 4.31. The number of hydrogen-bond donors (Lipinski definition) is 1. The van der Waals surface area contributed by atoms with Gasteiger partial charge >= 0.3 is 0 Å². The van der Waals surface area contributed by atoms with E-state index in [1.54, 1.807) is 6.92 Å². The summed E-state index contributed by atoms with van der Waals surface area (Å²) in [4.78, 5) is 15.2. The van der Waals surface area contributed by atoms with Crippen LogP contribution in [0.2, 0.25) is 0 Å². The number of aliphatic hydroxyl groups is 1. The Kier molecular flexibility index (Phi) is 3.84. The van der Waals surface area contributed by atoms with E-state index in [4.69, 9.17) is 0 Å². The van der Waals surface area contributed by atoms with Gasteiger partial charge < -0.3 is 10.0 Å². The van der Waals surface area contributed by atoms with Crippen molar-refractivity contribution in [2.45, 2.75) is 45.3 Å². The highest BCUT2D eigenvalue weighted by atomic mass is 32.1. The van der Waals surface area contributed by atoms with Crippen LogP contribution in [0.3, 0.4) is 0 Å². The molecule has 2 rings (SSSR count). The lowest BCUT2D eigenvalue weighted by Crippen LogP contribution is -2.37. The molecule has 2 atom stereocenters. The highest BCUT2D eigenvalue weighted by molar-refractivity contribution is 7.12. The molecule has 1 aromatic rings. The summed E-state index contributed by atoms with van der Waals surface area (Å²) in [6.45, 7) is 4.59. The molecule has 0 aromatic carbocycles. The van der Waals surface area contributed by atoms with Gasteiger partial charge in [-0.1, -0.05) is 0 Å². The minimum Gasteiger partial charge on any atom is -0.393 e. The monoisotopic (exact) mass is 253 g/mol. The van der Waals surface area contributed by atoms with Crippen molar-refractivity contribution in [3.8, 4) is 0 Å². The fourth-order valence-electron chi connectivity index (χ4n) is 2.46. The van der Waals surface area contributed by atoms with Crippen LogP contribution in [0.15, 0.2) is 11.4 Å². The van der Waals surface area contributed by atoms with Crippen LogP contribution in [0.25, 0.3) is 0 Å². The normalized spacial score (nSPS) is 21.8. The highest BCUT2D eigenvalue weighted by Gasteiger charge is 2.31. The van der Waals surface area contributed by atoms with Crippen LogP contribution in [0, 0.1) is 6.92 Å². The Morgan fingerprint density at radius 3 is 3.06 bits per heavy atom. The molecule has 0 saturated carbocycles. The molecule has 3 nitrogen and oxygen atoms in total. The molecular weight excluding hydrogens is 234 g/mol. The first-order valence-corrected chi connectivity index (χ1v) is 7.00. The summed E-state index contributed by atoms with van der Waals surface area (Å²) in [5, 5.41) is 11.4. The van der Waals surface area contributed by atoms with Crippen molar-refractivity contribution in [2.75, 3.05) is 6.54 Å². The lowest BCUT2D eigenvalue weighted by atomic mass is 10.1. The molecule has 1 amide bonds. The quantitative estimate of drug-likeness (QED) is 0.898. The molecule has 0 radical (unpaired) electrons. The fourth-order valence-corrected chi connectivity index (χ4v) is 3.34. The Hall–Kier alpha value is -0.870. The summed E-state index contributed by atoms with van der Waals surface area (Å²) in [7, 11) is 0. The number of aliphatic hydroxyl groups excluding tert-OH is 1. The van der Waals surface area contributed by atoms with E-state index in [0.717, 1.165) is 29.8 Å². The van der Waals surface area contributed by atoms with Gasteiger partial charge in [-0.2, -0.15) is 0 Å². The average molecular weight is 253 g/mol. The van der Waals surface area contributed by atoms with Crippen molar-refractivity contribution in [1.29, 1.82) is 0 Å². The van der Waals surface area contributed by atoms with E-state index < -0.39 is 0 Å². The number of hydrogen-bond acceptors (Lipinski definition) is 3. The lowest BCUT2D eigenvalue weighted by Gasteiger charge is -2.25. The molecule has 1 aromatic heterocycles. The first-order chi connectivity index (χ1) is 8.09. The molecule has 2 heterocycles. The Labute approximate surface area is 106 Å². The Bertz CT molecular complexity index is 400. The molecule has 1 saturated heterocycles. The van der Waals surface area contributed by atoms with Crippen LogP contribution in [0.4, 0.5) is 0 Å². The zero-order valence-electron chi connectivity index (χ0n) is 10.3. The number of amides is 1. The second-order valence-electron chi connectivity index (χ2n) is 4.81. The number of carbonyl (C=O) groups excluding carboxylic acids is 1. The van der Waals surface area contributed by atoms with E-state index in [-0.39, 0.29) is 18.1 Å². The molecule has 94 valence electrons. The van der Waals surface area contributed by atoms with E-state index in [1.165, 1.54) is 11.3 Å². The van der Waals surface area contributed by atoms with E-state index in [9.17, 15) is 9.90 Å². The maximum absolute atomic E-state index is 12.4. The standard InChI is InChI=1S/C13H19NO2S/c1-9-5-7-17-12(9)13(16)14-6-3-4-11(14)8-10(2)15/h5,7,10-11,15H,3-4,6,8H2,1-2H3/t10-,11+/m1/s1. The van der Waals surface area contributed by atoms with Crippen molar-refractivity contribution in [3.05, 3.63) is 21.9 Å². The Morgan fingerprint density at radius 1 is 1.71 bits per heavy atom. The number of likely N-dealkylation sites (tertiary alicyclic amines) is 1. The van der Waals surface area contributed by atoms with Gasteiger partial charge in [0.05, 0.1) is 11.0 Å². The minimum atomic E-state index is -0.335. The first kappa shape index (κ1) is 12.6.